The van der Waals surface area contributed by atoms with E-state index in [1.54, 1.807) is 24.5 Å². The molecule has 0 aliphatic heterocycles. The molecular formula is C17H26N2O2. The van der Waals surface area contributed by atoms with Gasteiger partial charge in [-0.25, -0.2) is 0 Å². The van der Waals surface area contributed by atoms with Gasteiger partial charge in [0.1, 0.15) is 0 Å². The van der Waals surface area contributed by atoms with Crippen molar-refractivity contribution in [1.29, 1.82) is 0 Å². The number of carbonyl (C=O) groups is 1. The standard InChI is InChI=1S/C17H26N2O2/c1-12-8-14(10-17(2,3)9-12)16(21)19-11-15(20)13-4-6-18-7-5-13/h4-7,12,14-15,20H,8-11H2,1-3H3,(H,19,21). The minimum absolute atomic E-state index is 0.0633. The summed E-state index contributed by atoms with van der Waals surface area (Å²) in [5, 5.41) is 13.0. The Kier molecular flexibility index (Phi) is 4.99. The van der Waals surface area contributed by atoms with Gasteiger partial charge in [-0.1, -0.05) is 20.8 Å². The van der Waals surface area contributed by atoms with Gasteiger partial charge in [-0.15, -0.1) is 0 Å². The molecule has 0 aromatic carbocycles. The Morgan fingerprint density at radius 3 is 2.71 bits per heavy atom. The molecule has 2 N–H and O–H groups in total. The molecular weight excluding hydrogens is 264 g/mol. The molecule has 1 fully saturated rings. The van der Waals surface area contributed by atoms with Crippen molar-refractivity contribution in [1.82, 2.24) is 10.3 Å². The average Bonchev–Trinajstić information content (AvgIpc) is 2.43. The Hall–Kier alpha value is -1.42. The molecule has 0 bridgehead atoms. The van der Waals surface area contributed by atoms with Crippen LogP contribution in [0.3, 0.4) is 0 Å². The van der Waals surface area contributed by atoms with Gasteiger partial charge in [-0.2, -0.15) is 0 Å². The molecule has 3 atom stereocenters. The van der Waals surface area contributed by atoms with Gasteiger partial charge in [0.25, 0.3) is 0 Å². The Bertz CT molecular complexity index is 473. The highest BCUT2D eigenvalue weighted by Gasteiger charge is 2.35. The number of aromatic nitrogens is 1. The smallest absolute Gasteiger partial charge is 0.223 e. The number of nitrogens with zero attached hydrogens (tertiary/aromatic N) is 1. The van der Waals surface area contributed by atoms with Gasteiger partial charge in [0.15, 0.2) is 0 Å². The van der Waals surface area contributed by atoms with Gasteiger partial charge >= 0.3 is 0 Å². The molecule has 21 heavy (non-hydrogen) atoms. The van der Waals surface area contributed by atoms with E-state index in [1.165, 1.54) is 6.42 Å². The largest absolute Gasteiger partial charge is 0.387 e. The van der Waals surface area contributed by atoms with Gasteiger partial charge < -0.3 is 10.4 Å². The molecule has 0 saturated heterocycles. The zero-order valence-electron chi connectivity index (χ0n) is 13.2. The molecule has 2 rings (SSSR count). The molecule has 0 radical (unpaired) electrons. The van der Waals surface area contributed by atoms with E-state index in [-0.39, 0.29) is 23.8 Å². The number of aliphatic hydroxyl groups is 1. The molecule has 1 aromatic rings. The van der Waals surface area contributed by atoms with Crippen LogP contribution in [0, 0.1) is 17.3 Å². The van der Waals surface area contributed by atoms with E-state index in [9.17, 15) is 9.90 Å². The van der Waals surface area contributed by atoms with Gasteiger partial charge in [0, 0.05) is 24.9 Å². The average molecular weight is 290 g/mol. The molecule has 1 heterocycles. The second-order valence-electron chi connectivity index (χ2n) is 7.15. The normalized spacial score (nSPS) is 26.1. The highest BCUT2D eigenvalue weighted by molar-refractivity contribution is 5.78. The van der Waals surface area contributed by atoms with Crippen LogP contribution in [0.4, 0.5) is 0 Å². The maximum absolute atomic E-state index is 12.3. The monoisotopic (exact) mass is 290 g/mol. The molecule has 4 heteroatoms. The van der Waals surface area contributed by atoms with Crippen LogP contribution in [0.25, 0.3) is 0 Å². The number of nitrogens with one attached hydrogen (secondary N) is 1. The summed E-state index contributed by atoms with van der Waals surface area (Å²) in [6, 6.07) is 3.53. The second kappa shape index (κ2) is 6.56. The van der Waals surface area contributed by atoms with Crippen LogP contribution in [0.15, 0.2) is 24.5 Å². The van der Waals surface area contributed by atoms with Crippen LogP contribution >= 0.6 is 0 Å². The summed E-state index contributed by atoms with van der Waals surface area (Å²) < 4.78 is 0. The van der Waals surface area contributed by atoms with Crippen molar-refractivity contribution >= 4 is 5.91 Å². The number of carbonyl (C=O) groups excluding carboxylic acids is 1. The summed E-state index contributed by atoms with van der Waals surface area (Å²) in [6.07, 6.45) is 5.66. The fourth-order valence-electron chi connectivity index (χ4n) is 3.59. The van der Waals surface area contributed by atoms with E-state index in [2.05, 4.69) is 31.1 Å². The minimum atomic E-state index is -0.675. The third-order valence-corrected chi connectivity index (χ3v) is 4.32. The molecule has 0 spiro atoms. The van der Waals surface area contributed by atoms with E-state index < -0.39 is 6.10 Å². The Morgan fingerprint density at radius 2 is 2.10 bits per heavy atom. The van der Waals surface area contributed by atoms with Crippen molar-refractivity contribution in [3.05, 3.63) is 30.1 Å². The second-order valence-corrected chi connectivity index (χ2v) is 7.15. The lowest BCUT2D eigenvalue weighted by molar-refractivity contribution is -0.128. The summed E-state index contributed by atoms with van der Waals surface area (Å²) in [5.41, 5.74) is 1.01. The van der Waals surface area contributed by atoms with Crippen LogP contribution in [0.2, 0.25) is 0 Å². The number of aliphatic hydroxyl groups excluding tert-OH is 1. The number of hydrogen-bond donors (Lipinski definition) is 2. The third-order valence-electron chi connectivity index (χ3n) is 4.32. The first-order valence-electron chi connectivity index (χ1n) is 7.73. The number of hydrogen-bond acceptors (Lipinski definition) is 3. The van der Waals surface area contributed by atoms with Crippen LogP contribution in [-0.2, 0) is 4.79 Å². The summed E-state index contributed by atoms with van der Waals surface area (Å²) in [6.45, 7) is 6.94. The maximum atomic E-state index is 12.3. The van der Waals surface area contributed by atoms with Crippen molar-refractivity contribution in [2.75, 3.05) is 6.54 Å². The van der Waals surface area contributed by atoms with Crippen LogP contribution in [-0.4, -0.2) is 22.5 Å². The fraction of sp³-hybridized carbons (Fsp3) is 0.647. The number of rotatable bonds is 4. The first-order valence-corrected chi connectivity index (χ1v) is 7.73. The van der Waals surface area contributed by atoms with E-state index in [4.69, 9.17) is 0 Å². The maximum Gasteiger partial charge on any atom is 0.223 e. The van der Waals surface area contributed by atoms with Gasteiger partial charge in [0.05, 0.1) is 6.10 Å². The molecule has 4 nitrogen and oxygen atoms in total. The molecule has 3 unspecified atom stereocenters. The van der Waals surface area contributed by atoms with Crippen LogP contribution < -0.4 is 5.32 Å². The quantitative estimate of drug-likeness (QED) is 0.896. The van der Waals surface area contributed by atoms with Crippen molar-refractivity contribution in [2.24, 2.45) is 17.3 Å². The zero-order valence-corrected chi connectivity index (χ0v) is 13.2. The fourth-order valence-corrected chi connectivity index (χ4v) is 3.59. The first kappa shape index (κ1) is 16.0. The van der Waals surface area contributed by atoms with Crippen molar-refractivity contribution in [2.45, 2.75) is 46.1 Å². The SMILES string of the molecule is CC1CC(C(=O)NCC(O)c2ccncc2)CC(C)(C)C1. The van der Waals surface area contributed by atoms with Crippen molar-refractivity contribution in [3.63, 3.8) is 0 Å². The molecule has 1 amide bonds. The van der Waals surface area contributed by atoms with E-state index in [0.717, 1.165) is 18.4 Å². The summed E-state index contributed by atoms with van der Waals surface area (Å²) in [5.74, 6) is 0.714. The molecule has 1 aliphatic rings. The molecule has 1 aliphatic carbocycles. The predicted molar refractivity (Wildman–Crippen MR) is 82.5 cm³/mol. The molecule has 1 aromatic heterocycles. The molecule has 1 saturated carbocycles. The number of amides is 1. The number of pyridine rings is 1. The topological polar surface area (TPSA) is 62.2 Å². The lowest BCUT2D eigenvalue weighted by atomic mass is 9.68. The van der Waals surface area contributed by atoms with Crippen molar-refractivity contribution in [3.8, 4) is 0 Å². The Labute approximate surface area is 127 Å². The first-order chi connectivity index (χ1) is 9.87. The van der Waals surface area contributed by atoms with E-state index in [1.807, 2.05) is 0 Å². The highest BCUT2D eigenvalue weighted by Crippen LogP contribution is 2.41. The third kappa shape index (κ3) is 4.53. The lowest BCUT2D eigenvalue weighted by Gasteiger charge is -2.38. The zero-order chi connectivity index (χ0) is 15.5. The highest BCUT2D eigenvalue weighted by atomic mass is 16.3. The Morgan fingerprint density at radius 1 is 1.43 bits per heavy atom. The van der Waals surface area contributed by atoms with Gasteiger partial charge in [-0.05, 0) is 48.3 Å². The summed E-state index contributed by atoms with van der Waals surface area (Å²) in [7, 11) is 0. The summed E-state index contributed by atoms with van der Waals surface area (Å²) >= 11 is 0. The Balaban J connectivity index is 1.87. The predicted octanol–water partition coefficient (Wildman–Crippen LogP) is 2.69. The van der Waals surface area contributed by atoms with Crippen LogP contribution in [0.5, 0.6) is 0 Å². The lowest BCUT2D eigenvalue weighted by Crippen LogP contribution is -2.39. The van der Waals surface area contributed by atoms with Gasteiger partial charge in [-0.3, -0.25) is 9.78 Å². The summed E-state index contributed by atoms with van der Waals surface area (Å²) in [4.78, 5) is 16.3. The van der Waals surface area contributed by atoms with Crippen molar-refractivity contribution < 1.29 is 9.90 Å². The minimum Gasteiger partial charge on any atom is -0.387 e. The van der Waals surface area contributed by atoms with Gasteiger partial charge in [0.2, 0.25) is 5.91 Å². The van der Waals surface area contributed by atoms with Crippen LogP contribution in [0.1, 0.15) is 51.7 Å². The van der Waals surface area contributed by atoms with E-state index in [0.29, 0.717) is 5.92 Å². The molecule has 116 valence electrons. The van der Waals surface area contributed by atoms with E-state index >= 15 is 0 Å².